The predicted octanol–water partition coefficient (Wildman–Crippen LogP) is 4.43. The summed E-state index contributed by atoms with van der Waals surface area (Å²) in [5, 5.41) is 4.16. The fraction of sp³-hybridized carbons (Fsp3) is 0.429. The molecule has 0 aliphatic heterocycles. The Hall–Kier alpha value is -0.510. The molecule has 2 atom stereocenters. The van der Waals surface area contributed by atoms with Gasteiger partial charge >= 0.3 is 0 Å². The molecule has 0 radical (unpaired) electrons. The van der Waals surface area contributed by atoms with Crippen molar-refractivity contribution in [1.29, 1.82) is 0 Å². The van der Waals surface area contributed by atoms with Crippen LogP contribution >= 0.6 is 23.1 Å². The van der Waals surface area contributed by atoms with Gasteiger partial charge < -0.3 is 5.73 Å². The average molecular weight is 265 g/mol. The van der Waals surface area contributed by atoms with Gasteiger partial charge in [0.05, 0.1) is 0 Å². The van der Waals surface area contributed by atoms with Crippen molar-refractivity contribution >= 4 is 33.2 Å². The van der Waals surface area contributed by atoms with Gasteiger partial charge in [-0.3, -0.25) is 0 Å². The predicted molar refractivity (Wildman–Crippen MR) is 81.0 cm³/mol. The van der Waals surface area contributed by atoms with E-state index in [1.54, 1.807) is 11.3 Å². The number of fused-ring (bicyclic) bond motifs is 1. The molecule has 1 aromatic carbocycles. The molecular weight excluding hydrogens is 246 g/mol. The van der Waals surface area contributed by atoms with Crippen LogP contribution < -0.4 is 5.73 Å². The van der Waals surface area contributed by atoms with Gasteiger partial charge in [-0.05, 0) is 28.8 Å². The smallest absolute Gasteiger partial charge is 0.0401 e. The Morgan fingerprint density at radius 2 is 2.18 bits per heavy atom. The molecule has 1 heterocycles. The van der Waals surface area contributed by atoms with E-state index in [1.807, 2.05) is 11.8 Å². The molecule has 0 saturated heterocycles. The largest absolute Gasteiger partial charge is 0.323 e. The van der Waals surface area contributed by atoms with Crippen LogP contribution in [-0.4, -0.2) is 11.0 Å². The van der Waals surface area contributed by atoms with Gasteiger partial charge in [0.1, 0.15) is 0 Å². The van der Waals surface area contributed by atoms with Crippen LogP contribution in [0.4, 0.5) is 0 Å². The van der Waals surface area contributed by atoms with Crippen molar-refractivity contribution in [2.24, 2.45) is 5.73 Å². The maximum atomic E-state index is 6.31. The first-order valence-corrected chi connectivity index (χ1v) is 7.98. The van der Waals surface area contributed by atoms with Crippen LogP contribution in [0.1, 0.15) is 31.9 Å². The highest BCUT2D eigenvalue weighted by Crippen LogP contribution is 2.30. The molecule has 2 aromatic rings. The van der Waals surface area contributed by atoms with Crippen LogP contribution in [0.5, 0.6) is 0 Å². The molecule has 92 valence electrons. The summed E-state index contributed by atoms with van der Waals surface area (Å²) in [5.41, 5.74) is 7.61. The Morgan fingerprint density at radius 1 is 1.35 bits per heavy atom. The molecule has 0 fully saturated rings. The van der Waals surface area contributed by atoms with Crippen molar-refractivity contribution in [2.45, 2.75) is 31.6 Å². The van der Waals surface area contributed by atoms with Crippen molar-refractivity contribution in [2.75, 3.05) is 5.75 Å². The van der Waals surface area contributed by atoms with Crippen LogP contribution in [0.2, 0.25) is 0 Å². The minimum Gasteiger partial charge on any atom is -0.323 e. The van der Waals surface area contributed by atoms with E-state index in [4.69, 9.17) is 5.73 Å². The highest BCUT2D eigenvalue weighted by Gasteiger charge is 2.12. The zero-order chi connectivity index (χ0) is 12.3. The van der Waals surface area contributed by atoms with E-state index in [1.165, 1.54) is 22.1 Å². The first-order chi connectivity index (χ1) is 8.22. The minimum absolute atomic E-state index is 0.149. The zero-order valence-electron chi connectivity index (χ0n) is 10.3. The van der Waals surface area contributed by atoms with E-state index >= 15 is 0 Å². The number of rotatable bonds is 5. The van der Waals surface area contributed by atoms with E-state index in [0.29, 0.717) is 5.25 Å². The summed E-state index contributed by atoms with van der Waals surface area (Å²) in [4.78, 5) is 0. The number of hydrogen-bond donors (Lipinski definition) is 1. The lowest BCUT2D eigenvalue weighted by atomic mass is 10.1. The van der Waals surface area contributed by atoms with Crippen molar-refractivity contribution < 1.29 is 0 Å². The summed E-state index contributed by atoms with van der Waals surface area (Å²) in [7, 11) is 0. The summed E-state index contributed by atoms with van der Waals surface area (Å²) in [6.07, 6.45) is 1.21. The Bertz CT molecular complexity index is 478. The maximum Gasteiger partial charge on any atom is 0.0401 e. The zero-order valence-corrected chi connectivity index (χ0v) is 12.0. The quantitative estimate of drug-likeness (QED) is 0.865. The first-order valence-electron chi connectivity index (χ1n) is 6.05. The lowest BCUT2D eigenvalue weighted by molar-refractivity contribution is 0.829. The fourth-order valence-electron chi connectivity index (χ4n) is 1.78. The van der Waals surface area contributed by atoms with Crippen LogP contribution in [0.25, 0.3) is 10.1 Å². The molecule has 17 heavy (non-hydrogen) atoms. The second-order valence-corrected chi connectivity index (χ2v) is 6.73. The molecule has 0 bridgehead atoms. The van der Waals surface area contributed by atoms with Crippen molar-refractivity contribution in [1.82, 2.24) is 0 Å². The molecule has 3 heteroatoms. The van der Waals surface area contributed by atoms with Gasteiger partial charge in [0.2, 0.25) is 0 Å². The molecule has 2 N–H and O–H groups in total. The van der Waals surface area contributed by atoms with Crippen LogP contribution in [0.3, 0.4) is 0 Å². The third-order valence-corrected chi connectivity index (χ3v) is 5.48. The molecule has 0 aliphatic rings. The number of hydrogen-bond acceptors (Lipinski definition) is 3. The minimum atomic E-state index is 0.149. The molecule has 0 spiro atoms. The molecule has 0 aliphatic carbocycles. The molecule has 0 amide bonds. The summed E-state index contributed by atoms with van der Waals surface area (Å²) in [6, 6.07) is 8.75. The molecule has 1 nitrogen and oxygen atoms in total. The van der Waals surface area contributed by atoms with E-state index in [-0.39, 0.29) is 6.04 Å². The molecule has 0 saturated carbocycles. The normalized spacial score (nSPS) is 15.0. The Morgan fingerprint density at radius 3 is 2.94 bits per heavy atom. The maximum absolute atomic E-state index is 6.31. The second-order valence-electron chi connectivity index (χ2n) is 4.34. The van der Waals surface area contributed by atoms with Gasteiger partial charge in [0.15, 0.2) is 0 Å². The van der Waals surface area contributed by atoms with Crippen LogP contribution in [-0.2, 0) is 0 Å². The lowest BCUT2D eigenvalue weighted by Crippen LogP contribution is -2.14. The van der Waals surface area contributed by atoms with Crippen molar-refractivity contribution in [3.05, 3.63) is 35.2 Å². The van der Waals surface area contributed by atoms with Crippen LogP contribution in [0, 0.1) is 0 Å². The highest BCUT2D eigenvalue weighted by molar-refractivity contribution is 7.99. The second kappa shape index (κ2) is 5.89. The van der Waals surface area contributed by atoms with E-state index < -0.39 is 0 Å². The molecule has 2 rings (SSSR count). The first kappa shape index (κ1) is 12.9. The Balaban J connectivity index is 2.13. The molecule has 1 aromatic heterocycles. The van der Waals surface area contributed by atoms with Gasteiger partial charge in [-0.25, -0.2) is 0 Å². The number of thiophene rings is 1. The highest BCUT2D eigenvalue weighted by atomic mass is 32.2. The number of benzene rings is 1. The van der Waals surface area contributed by atoms with Crippen molar-refractivity contribution in [3.63, 3.8) is 0 Å². The summed E-state index contributed by atoms with van der Waals surface area (Å²) >= 11 is 3.76. The van der Waals surface area contributed by atoms with E-state index in [0.717, 1.165) is 5.75 Å². The Labute approximate surface area is 111 Å². The van der Waals surface area contributed by atoms with Gasteiger partial charge in [0, 0.05) is 21.7 Å². The van der Waals surface area contributed by atoms with E-state index in [2.05, 4.69) is 43.5 Å². The third-order valence-electron chi connectivity index (χ3n) is 3.04. The lowest BCUT2D eigenvalue weighted by Gasteiger charge is -2.15. The van der Waals surface area contributed by atoms with E-state index in [9.17, 15) is 0 Å². The van der Waals surface area contributed by atoms with Gasteiger partial charge in [-0.15, -0.1) is 11.3 Å². The van der Waals surface area contributed by atoms with Gasteiger partial charge in [-0.2, -0.15) is 11.8 Å². The summed E-state index contributed by atoms with van der Waals surface area (Å²) in [6.45, 7) is 4.49. The molecule has 2 unspecified atom stereocenters. The van der Waals surface area contributed by atoms with Crippen LogP contribution in [0.15, 0.2) is 29.6 Å². The average Bonchev–Trinajstić information content (AvgIpc) is 2.83. The summed E-state index contributed by atoms with van der Waals surface area (Å²) < 4.78 is 1.35. The van der Waals surface area contributed by atoms with Gasteiger partial charge in [0.25, 0.3) is 0 Å². The van der Waals surface area contributed by atoms with Crippen molar-refractivity contribution in [3.8, 4) is 0 Å². The standard InChI is InChI=1S/C14H19NS2/c1-3-10(2)17-9-13(15)12-6-4-5-11-7-8-16-14(11)12/h4-8,10,13H,3,9,15H2,1-2H3. The third kappa shape index (κ3) is 3.03. The number of thioether (sulfide) groups is 1. The SMILES string of the molecule is CCC(C)SCC(N)c1cccc2ccsc12. The molecular formula is C14H19NS2. The Kier molecular flexibility index (Phi) is 4.48. The monoisotopic (exact) mass is 265 g/mol. The number of nitrogens with two attached hydrogens (primary N) is 1. The topological polar surface area (TPSA) is 26.0 Å². The van der Waals surface area contributed by atoms with Gasteiger partial charge in [-0.1, -0.05) is 32.0 Å². The fourth-order valence-corrected chi connectivity index (χ4v) is 3.71. The summed E-state index contributed by atoms with van der Waals surface area (Å²) in [5.74, 6) is 1.01.